The second kappa shape index (κ2) is 7.29. The summed E-state index contributed by atoms with van der Waals surface area (Å²) < 4.78 is 36.7. The number of nitrogens with one attached hydrogen (secondary N) is 3. The van der Waals surface area contributed by atoms with Crippen molar-refractivity contribution in [2.24, 2.45) is 0 Å². The van der Waals surface area contributed by atoms with Gasteiger partial charge in [-0.3, -0.25) is 4.79 Å². The van der Waals surface area contributed by atoms with Gasteiger partial charge in [0, 0.05) is 17.3 Å². The number of carbonyl (C=O) groups is 1. The van der Waals surface area contributed by atoms with Crippen LogP contribution < -0.4 is 11.2 Å². The van der Waals surface area contributed by atoms with E-state index in [4.69, 9.17) is 4.42 Å². The Morgan fingerprint density at radius 1 is 1.06 bits per heavy atom. The average Bonchev–Trinajstić information content (AvgIpc) is 3.50. The largest absolute Gasteiger partial charge is 0.477 e. The summed E-state index contributed by atoms with van der Waals surface area (Å²) in [6.07, 6.45) is 2.66. The molecule has 0 saturated carbocycles. The molecule has 4 heterocycles. The molecule has 11 heteroatoms. The predicted octanol–water partition coefficient (Wildman–Crippen LogP) is 3.94. The number of fused-ring (bicyclic) bond motifs is 4. The molecule has 35 heavy (non-hydrogen) atoms. The molecule has 0 fully saturated rings. The Hall–Kier alpha value is -4.93. The lowest BCUT2D eigenvalue weighted by Gasteiger charge is -2.11. The predicted molar refractivity (Wildman–Crippen MR) is 123 cm³/mol. The minimum atomic E-state index is -1.41. The van der Waals surface area contributed by atoms with Crippen molar-refractivity contribution >= 4 is 38.9 Å². The van der Waals surface area contributed by atoms with Gasteiger partial charge in [-0.25, -0.2) is 18.4 Å². The number of rotatable bonds is 4. The maximum atomic E-state index is 15.0. The highest BCUT2D eigenvalue weighted by atomic mass is 19.1. The molecule has 174 valence electrons. The summed E-state index contributed by atoms with van der Waals surface area (Å²) in [6.45, 7) is -0.330. The van der Waals surface area contributed by atoms with E-state index < -0.39 is 28.9 Å². The monoisotopic (exact) mass is 476 g/mol. The van der Waals surface area contributed by atoms with Gasteiger partial charge < -0.3 is 29.0 Å². The quantitative estimate of drug-likeness (QED) is 0.306. The fraction of sp³-hybridized carbons (Fsp3) is 0.0417. The molecule has 6 rings (SSSR count). The van der Waals surface area contributed by atoms with Crippen LogP contribution in [0, 0.1) is 11.6 Å². The Morgan fingerprint density at radius 2 is 1.83 bits per heavy atom. The topological polar surface area (TPSA) is 137 Å². The Morgan fingerprint density at radius 3 is 2.57 bits per heavy atom. The summed E-state index contributed by atoms with van der Waals surface area (Å²) in [5.74, 6) is -2.78. The van der Waals surface area contributed by atoms with Crippen LogP contribution in [0.25, 0.3) is 44.0 Å². The van der Waals surface area contributed by atoms with Gasteiger partial charge in [-0.05, 0) is 36.4 Å². The number of pyridine rings is 1. The molecule has 6 aromatic rings. The number of aromatic carboxylic acids is 1. The molecular formula is C24H14F2N4O5. The minimum Gasteiger partial charge on any atom is -0.477 e. The fourth-order valence-corrected chi connectivity index (χ4v) is 4.57. The number of nitrogens with zero attached hydrogens (tertiary/aromatic N) is 1. The molecule has 0 aliphatic carbocycles. The van der Waals surface area contributed by atoms with E-state index in [2.05, 4.69) is 15.0 Å². The van der Waals surface area contributed by atoms with E-state index in [0.717, 1.165) is 12.1 Å². The van der Waals surface area contributed by atoms with Crippen molar-refractivity contribution in [2.75, 3.05) is 0 Å². The third kappa shape index (κ3) is 3.01. The normalized spacial score (nSPS) is 11.7. The molecule has 0 unspecified atom stereocenters. The lowest BCUT2D eigenvalue weighted by molar-refractivity contribution is 0.0687. The Kier molecular flexibility index (Phi) is 4.30. The number of aromatic amines is 3. The summed E-state index contributed by atoms with van der Waals surface area (Å²) in [5, 5.41) is 10.5. The van der Waals surface area contributed by atoms with Crippen molar-refractivity contribution in [3.8, 4) is 11.1 Å². The Balaban J connectivity index is 1.74. The first kappa shape index (κ1) is 20.7. The first-order valence-electron chi connectivity index (χ1n) is 10.4. The number of carboxylic acid groups (broad SMARTS) is 1. The average molecular weight is 476 g/mol. The molecule has 0 aliphatic rings. The van der Waals surface area contributed by atoms with Gasteiger partial charge in [0.1, 0.15) is 22.9 Å². The number of hydrogen-bond acceptors (Lipinski definition) is 4. The number of carboxylic acids is 1. The molecule has 0 spiro atoms. The number of imidazole rings is 1. The zero-order valence-corrected chi connectivity index (χ0v) is 17.6. The van der Waals surface area contributed by atoms with Crippen LogP contribution in [-0.4, -0.2) is 30.6 Å². The van der Waals surface area contributed by atoms with Crippen LogP contribution >= 0.6 is 0 Å². The zero-order chi connectivity index (χ0) is 24.4. The van der Waals surface area contributed by atoms with Crippen molar-refractivity contribution in [3.05, 3.63) is 92.6 Å². The molecule has 0 atom stereocenters. The van der Waals surface area contributed by atoms with Gasteiger partial charge in [0.15, 0.2) is 0 Å². The molecule has 0 aliphatic heterocycles. The van der Waals surface area contributed by atoms with Crippen molar-refractivity contribution in [1.82, 2.24) is 19.5 Å². The third-order valence-electron chi connectivity index (χ3n) is 6.02. The highest BCUT2D eigenvalue weighted by Gasteiger charge is 2.29. The standard InChI is InChI=1S/C24H14F2N4O5/c25-13-7-16-15(28-24(34)29-16)6-10(13)9-30-17-8-14(26)11-3-5-35-21(11)19(17)18(20(30)23(32)33)12-2-1-4-27-22(12)31/h1-8H,9H2,(H,27,31)(H,32,33)(H2,28,29,34). The molecule has 4 N–H and O–H groups in total. The van der Waals surface area contributed by atoms with Gasteiger partial charge in [-0.2, -0.15) is 0 Å². The molecule has 4 aromatic heterocycles. The summed E-state index contributed by atoms with van der Waals surface area (Å²) >= 11 is 0. The molecule has 0 saturated heterocycles. The Labute approximate surface area is 192 Å². The number of H-pyrrole nitrogens is 3. The fourth-order valence-electron chi connectivity index (χ4n) is 4.57. The lowest BCUT2D eigenvalue weighted by Crippen LogP contribution is -2.14. The van der Waals surface area contributed by atoms with E-state index in [1.165, 1.54) is 41.3 Å². The van der Waals surface area contributed by atoms with Crippen molar-refractivity contribution in [1.29, 1.82) is 0 Å². The van der Waals surface area contributed by atoms with Crippen LogP contribution in [0.5, 0.6) is 0 Å². The minimum absolute atomic E-state index is 0.0193. The van der Waals surface area contributed by atoms with Gasteiger partial charge >= 0.3 is 11.7 Å². The van der Waals surface area contributed by atoms with Crippen molar-refractivity contribution in [3.63, 3.8) is 0 Å². The maximum absolute atomic E-state index is 15.0. The van der Waals surface area contributed by atoms with E-state index in [0.29, 0.717) is 5.52 Å². The van der Waals surface area contributed by atoms with Crippen LogP contribution in [0.2, 0.25) is 0 Å². The highest BCUT2D eigenvalue weighted by Crippen LogP contribution is 2.40. The first-order valence-corrected chi connectivity index (χ1v) is 10.4. The zero-order valence-electron chi connectivity index (χ0n) is 17.6. The van der Waals surface area contributed by atoms with Crippen molar-refractivity contribution < 1.29 is 23.1 Å². The number of benzene rings is 2. The highest BCUT2D eigenvalue weighted by molar-refractivity contribution is 6.17. The van der Waals surface area contributed by atoms with E-state index >= 15 is 0 Å². The van der Waals surface area contributed by atoms with Crippen LogP contribution in [-0.2, 0) is 6.54 Å². The molecule has 0 bridgehead atoms. The molecule has 0 amide bonds. The number of halogens is 2. The summed E-state index contributed by atoms with van der Waals surface area (Å²) in [5.41, 5.74) is -0.617. The Bertz CT molecular complexity index is 1940. The summed E-state index contributed by atoms with van der Waals surface area (Å²) in [6, 6.07) is 8.00. The third-order valence-corrected chi connectivity index (χ3v) is 6.02. The van der Waals surface area contributed by atoms with Crippen LogP contribution in [0.1, 0.15) is 16.1 Å². The van der Waals surface area contributed by atoms with Crippen LogP contribution in [0.3, 0.4) is 0 Å². The van der Waals surface area contributed by atoms with E-state index in [9.17, 15) is 28.3 Å². The first-order chi connectivity index (χ1) is 16.8. The summed E-state index contributed by atoms with van der Waals surface area (Å²) in [7, 11) is 0. The molecule has 2 aromatic carbocycles. The van der Waals surface area contributed by atoms with Crippen LogP contribution in [0.4, 0.5) is 8.78 Å². The van der Waals surface area contributed by atoms with Gasteiger partial charge in [0.2, 0.25) is 0 Å². The van der Waals surface area contributed by atoms with Gasteiger partial charge in [0.05, 0.1) is 45.7 Å². The molecular weight excluding hydrogens is 462 g/mol. The van der Waals surface area contributed by atoms with E-state index in [1.807, 2.05) is 0 Å². The van der Waals surface area contributed by atoms with Gasteiger partial charge in [-0.15, -0.1) is 0 Å². The molecule has 9 nitrogen and oxygen atoms in total. The van der Waals surface area contributed by atoms with Crippen molar-refractivity contribution in [2.45, 2.75) is 6.54 Å². The molecule has 0 radical (unpaired) electrons. The second-order valence-electron chi connectivity index (χ2n) is 8.01. The number of aromatic nitrogens is 4. The van der Waals surface area contributed by atoms with E-state index in [-0.39, 0.29) is 56.3 Å². The van der Waals surface area contributed by atoms with Gasteiger partial charge in [0.25, 0.3) is 5.56 Å². The van der Waals surface area contributed by atoms with Crippen LogP contribution in [0.15, 0.2) is 62.9 Å². The smallest absolute Gasteiger partial charge is 0.353 e. The SMILES string of the molecule is O=C(O)c1c(-c2ccc[nH]c2=O)c2c3occc3c(F)cc2n1Cc1cc2[nH]c(=O)[nH]c2cc1F. The van der Waals surface area contributed by atoms with E-state index in [1.54, 1.807) is 0 Å². The van der Waals surface area contributed by atoms with Gasteiger partial charge in [-0.1, -0.05) is 0 Å². The maximum Gasteiger partial charge on any atom is 0.353 e. The lowest BCUT2D eigenvalue weighted by atomic mass is 10.0. The number of furan rings is 1. The summed E-state index contributed by atoms with van der Waals surface area (Å²) in [4.78, 5) is 44.3. The number of hydrogen-bond donors (Lipinski definition) is 4. The second-order valence-corrected chi connectivity index (χ2v) is 8.01.